The summed E-state index contributed by atoms with van der Waals surface area (Å²) in [6.45, 7) is 9.43. The Morgan fingerprint density at radius 1 is 1.00 bits per heavy atom. The number of carbonyl (C=O) groups excluding carboxylic acids is 2. The highest BCUT2D eigenvalue weighted by Gasteiger charge is 2.46. The number of halogens is 2. The molecule has 4 heterocycles. The molecule has 0 bridgehead atoms. The summed E-state index contributed by atoms with van der Waals surface area (Å²) in [6.07, 6.45) is 5.68. The SMILES string of the molecule is Cc1ncnc(C)c1C(=O)N1CC2=CN(C(C)CC3(c4ccccc4)CCN(C(=O)C4CCC(F)(F)CC4)C3)CC2C1. The number of rotatable bonds is 6. The van der Waals surface area contributed by atoms with Gasteiger partial charge in [0.2, 0.25) is 11.8 Å². The van der Waals surface area contributed by atoms with Gasteiger partial charge in [0, 0.05) is 75.1 Å². The number of carbonyl (C=O) groups is 2. The molecule has 0 spiro atoms. The Morgan fingerprint density at radius 3 is 2.36 bits per heavy atom. The quantitative estimate of drug-likeness (QED) is 0.476. The number of aryl methyl sites for hydroxylation is 2. The zero-order valence-electron chi connectivity index (χ0n) is 24.9. The molecule has 7 nitrogen and oxygen atoms in total. The topological polar surface area (TPSA) is 69.6 Å². The molecule has 3 fully saturated rings. The fourth-order valence-corrected chi connectivity index (χ4v) is 7.76. The number of likely N-dealkylation sites (tertiary alicyclic amines) is 2. The summed E-state index contributed by atoms with van der Waals surface area (Å²) >= 11 is 0. The van der Waals surface area contributed by atoms with E-state index < -0.39 is 5.92 Å². The van der Waals surface area contributed by atoms with Crippen LogP contribution in [0.25, 0.3) is 0 Å². The van der Waals surface area contributed by atoms with Gasteiger partial charge < -0.3 is 14.7 Å². The van der Waals surface area contributed by atoms with Crippen molar-refractivity contribution in [3.63, 3.8) is 0 Å². The molecule has 1 aromatic carbocycles. The lowest BCUT2D eigenvalue weighted by Gasteiger charge is -2.37. The molecule has 6 rings (SSSR count). The lowest BCUT2D eigenvalue weighted by molar-refractivity contribution is -0.138. The molecule has 1 saturated carbocycles. The van der Waals surface area contributed by atoms with E-state index in [1.165, 1.54) is 17.5 Å². The summed E-state index contributed by atoms with van der Waals surface area (Å²) in [5.41, 5.74) is 4.37. The van der Waals surface area contributed by atoms with Gasteiger partial charge in [-0.2, -0.15) is 0 Å². The monoisotopic (exact) mass is 577 g/mol. The summed E-state index contributed by atoms with van der Waals surface area (Å²) < 4.78 is 27.5. The van der Waals surface area contributed by atoms with Crippen molar-refractivity contribution in [1.82, 2.24) is 24.7 Å². The Labute approximate surface area is 247 Å². The molecule has 1 aliphatic carbocycles. The number of hydrogen-bond donors (Lipinski definition) is 0. The molecular formula is C33H41F2N5O2. The molecule has 2 aromatic rings. The van der Waals surface area contributed by atoms with Gasteiger partial charge >= 0.3 is 0 Å². The summed E-state index contributed by atoms with van der Waals surface area (Å²) in [5, 5.41) is 0. The van der Waals surface area contributed by atoms with E-state index in [1.807, 2.05) is 29.7 Å². The zero-order valence-corrected chi connectivity index (χ0v) is 24.9. The first-order valence-corrected chi connectivity index (χ1v) is 15.3. The molecule has 0 radical (unpaired) electrons. The zero-order chi connectivity index (χ0) is 29.6. The highest BCUT2D eigenvalue weighted by atomic mass is 19.3. The molecule has 224 valence electrons. The van der Waals surface area contributed by atoms with Crippen LogP contribution in [0, 0.1) is 25.7 Å². The maximum Gasteiger partial charge on any atom is 0.257 e. The molecule has 1 aromatic heterocycles. The van der Waals surface area contributed by atoms with E-state index in [2.05, 4.69) is 52.3 Å². The molecule has 42 heavy (non-hydrogen) atoms. The van der Waals surface area contributed by atoms with Crippen LogP contribution >= 0.6 is 0 Å². The second-order valence-corrected chi connectivity index (χ2v) is 13.0. The molecular weight excluding hydrogens is 536 g/mol. The minimum atomic E-state index is -2.63. The largest absolute Gasteiger partial charge is 0.374 e. The normalized spacial score (nSPS) is 26.4. The van der Waals surface area contributed by atoms with Gasteiger partial charge in [0.1, 0.15) is 6.33 Å². The summed E-state index contributed by atoms with van der Waals surface area (Å²) in [6, 6.07) is 10.7. The third-order valence-corrected chi connectivity index (χ3v) is 10.2. The van der Waals surface area contributed by atoms with E-state index in [-0.39, 0.29) is 54.9 Å². The number of aromatic nitrogens is 2. The van der Waals surface area contributed by atoms with E-state index >= 15 is 0 Å². The van der Waals surface area contributed by atoms with Crippen molar-refractivity contribution in [3.05, 3.63) is 70.9 Å². The van der Waals surface area contributed by atoms with Crippen LogP contribution in [0.2, 0.25) is 0 Å². The van der Waals surface area contributed by atoms with Gasteiger partial charge in [-0.05, 0) is 57.6 Å². The fraction of sp³-hybridized carbons (Fsp3) is 0.576. The fourth-order valence-electron chi connectivity index (χ4n) is 7.76. The van der Waals surface area contributed by atoms with Crippen LogP contribution in [0.5, 0.6) is 0 Å². The van der Waals surface area contributed by atoms with Gasteiger partial charge in [-0.15, -0.1) is 0 Å². The van der Waals surface area contributed by atoms with Crippen LogP contribution in [-0.2, 0) is 10.2 Å². The minimum absolute atomic E-state index is 0.000859. The van der Waals surface area contributed by atoms with Crippen molar-refractivity contribution >= 4 is 11.8 Å². The van der Waals surface area contributed by atoms with Crippen LogP contribution < -0.4 is 0 Å². The van der Waals surface area contributed by atoms with Gasteiger partial charge in [0.25, 0.3) is 5.91 Å². The van der Waals surface area contributed by atoms with E-state index in [0.29, 0.717) is 49.0 Å². The third kappa shape index (κ3) is 5.42. The smallest absolute Gasteiger partial charge is 0.257 e. The van der Waals surface area contributed by atoms with Crippen molar-refractivity contribution in [1.29, 1.82) is 0 Å². The van der Waals surface area contributed by atoms with Crippen molar-refractivity contribution in [2.24, 2.45) is 11.8 Å². The summed E-state index contributed by atoms with van der Waals surface area (Å²) in [4.78, 5) is 41.5. The average Bonchev–Trinajstić information content (AvgIpc) is 3.68. The number of alkyl halides is 2. The van der Waals surface area contributed by atoms with Crippen LogP contribution in [0.3, 0.4) is 0 Å². The lowest BCUT2D eigenvalue weighted by Crippen LogP contribution is -2.43. The van der Waals surface area contributed by atoms with E-state index in [0.717, 1.165) is 19.4 Å². The Morgan fingerprint density at radius 2 is 1.69 bits per heavy atom. The number of nitrogens with zero attached hydrogens (tertiary/aromatic N) is 5. The van der Waals surface area contributed by atoms with Gasteiger partial charge in [-0.25, -0.2) is 18.7 Å². The average molecular weight is 578 g/mol. The van der Waals surface area contributed by atoms with Crippen molar-refractivity contribution in [2.45, 2.75) is 76.7 Å². The Bertz CT molecular complexity index is 1350. The maximum atomic E-state index is 13.8. The first kappa shape index (κ1) is 28.7. The first-order chi connectivity index (χ1) is 20.1. The third-order valence-electron chi connectivity index (χ3n) is 10.2. The van der Waals surface area contributed by atoms with E-state index in [9.17, 15) is 18.4 Å². The predicted octanol–water partition coefficient (Wildman–Crippen LogP) is 5.14. The van der Waals surface area contributed by atoms with Gasteiger partial charge in [0.05, 0.1) is 17.0 Å². The number of amides is 2. The van der Waals surface area contributed by atoms with Gasteiger partial charge in [-0.1, -0.05) is 30.3 Å². The molecule has 2 saturated heterocycles. The van der Waals surface area contributed by atoms with Crippen LogP contribution in [0.15, 0.2) is 48.4 Å². The van der Waals surface area contributed by atoms with E-state index in [4.69, 9.17) is 0 Å². The van der Waals surface area contributed by atoms with E-state index in [1.54, 1.807) is 0 Å². The number of hydrogen-bond acceptors (Lipinski definition) is 5. The van der Waals surface area contributed by atoms with Gasteiger partial charge in [0.15, 0.2) is 0 Å². The van der Waals surface area contributed by atoms with Gasteiger partial charge in [-0.3, -0.25) is 9.59 Å². The summed E-state index contributed by atoms with van der Waals surface area (Å²) in [7, 11) is 0. The molecule has 2 amide bonds. The Balaban J connectivity index is 1.14. The number of fused-ring (bicyclic) bond motifs is 1. The first-order valence-electron chi connectivity index (χ1n) is 15.3. The Hall–Kier alpha value is -3.36. The molecule has 3 atom stereocenters. The van der Waals surface area contributed by atoms with Crippen molar-refractivity contribution in [3.8, 4) is 0 Å². The minimum Gasteiger partial charge on any atom is -0.374 e. The highest BCUT2D eigenvalue weighted by Crippen LogP contribution is 2.43. The van der Waals surface area contributed by atoms with Crippen molar-refractivity contribution < 1.29 is 18.4 Å². The molecule has 0 N–H and O–H groups in total. The summed E-state index contributed by atoms with van der Waals surface area (Å²) in [5.74, 6) is -2.57. The predicted molar refractivity (Wildman–Crippen MR) is 156 cm³/mol. The molecule has 3 unspecified atom stereocenters. The van der Waals surface area contributed by atoms with Crippen molar-refractivity contribution in [2.75, 3.05) is 32.7 Å². The Kier molecular flexibility index (Phi) is 7.56. The lowest BCUT2D eigenvalue weighted by atomic mass is 9.74. The van der Waals surface area contributed by atoms with Crippen LogP contribution in [0.1, 0.15) is 72.8 Å². The second-order valence-electron chi connectivity index (χ2n) is 13.0. The maximum absolute atomic E-state index is 13.8. The van der Waals surface area contributed by atoms with Crippen LogP contribution in [0.4, 0.5) is 8.78 Å². The number of benzene rings is 1. The molecule has 3 aliphatic heterocycles. The second kappa shape index (κ2) is 11.0. The van der Waals surface area contributed by atoms with Crippen LogP contribution in [-0.4, -0.2) is 81.2 Å². The highest BCUT2D eigenvalue weighted by molar-refractivity contribution is 5.96. The molecule has 4 aliphatic rings. The molecule has 9 heteroatoms. The standard InChI is InChI=1S/C33H41F2N5O2/c1-22(39-16-26-18-40(19-27(26)17-39)31(42)29-23(2)36-21-37-24(29)3)15-32(28-7-5-4-6-8-28)13-14-38(20-32)30(41)25-9-11-33(34,35)12-10-25/h4-8,16,21-22,25,27H,9-15,17-20H2,1-3H3.